The van der Waals surface area contributed by atoms with Crippen LogP contribution in [0, 0.1) is 0 Å². The van der Waals surface area contributed by atoms with E-state index in [1.807, 2.05) is 6.07 Å². The number of nitrogens with one attached hydrogen (secondary N) is 1. The minimum absolute atomic E-state index is 0.0615. The summed E-state index contributed by atoms with van der Waals surface area (Å²) in [6, 6.07) is 12.0. The van der Waals surface area contributed by atoms with Gasteiger partial charge in [-0.05, 0) is 42.5 Å². The van der Waals surface area contributed by atoms with Crippen LogP contribution in [0.3, 0.4) is 0 Å². The van der Waals surface area contributed by atoms with E-state index in [9.17, 15) is 9.59 Å². The molecule has 0 unspecified atom stereocenters. The van der Waals surface area contributed by atoms with Crippen LogP contribution in [-0.2, 0) is 4.74 Å². The smallest absolute Gasteiger partial charge is 0.255 e. The maximum Gasteiger partial charge on any atom is 0.255 e. The number of aromatic nitrogens is 3. The highest BCUT2D eigenvalue weighted by atomic mass is 16.5. The Labute approximate surface area is 173 Å². The molecule has 1 N–H and O–H groups in total. The van der Waals surface area contributed by atoms with Gasteiger partial charge in [-0.2, -0.15) is 0 Å². The van der Waals surface area contributed by atoms with Gasteiger partial charge in [0.15, 0.2) is 0 Å². The Kier molecular flexibility index (Phi) is 5.71. The number of morpholine rings is 1. The number of carbonyl (C=O) groups excluding carboxylic acids is 2. The van der Waals surface area contributed by atoms with Gasteiger partial charge in [-0.15, -0.1) is 10.2 Å². The zero-order valence-corrected chi connectivity index (χ0v) is 16.4. The van der Waals surface area contributed by atoms with E-state index in [-0.39, 0.29) is 11.8 Å². The molecule has 2 amide bonds. The number of ether oxygens (including phenoxy) is 2. The maximum absolute atomic E-state index is 12.8. The first kappa shape index (κ1) is 19.6. The van der Waals surface area contributed by atoms with Crippen LogP contribution in [0.5, 0.6) is 5.75 Å². The summed E-state index contributed by atoms with van der Waals surface area (Å²) in [5.74, 6) is 0.160. The van der Waals surface area contributed by atoms with Crippen molar-refractivity contribution in [2.24, 2.45) is 0 Å². The van der Waals surface area contributed by atoms with Crippen molar-refractivity contribution in [3.8, 4) is 11.4 Å². The fourth-order valence-corrected chi connectivity index (χ4v) is 3.20. The predicted octanol–water partition coefficient (Wildman–Crippen LogP) is 2.00. The first-order chi connectivity index (χ1) is 14.7. The number of rotatable bonds is 5. The average molecular weight is 407 g/mol. The third kappa shape index (κ3) is 4.15. The molecule has 1 aliphatic heterocycles. The topological polar surface area (TPSA) is 98.6 Å². The van der Waals surface area contributed by atoms with Crippen LogP contribution in [0.1, 0.15) is 20.7 Å². The number of benzene rings is 2. The van der Waals surface area contributed by atoms with Gasteiger partial charge in [-0.1, -0.05) is 0 Å². The Morgan fingerprint density at radius 2 is 1.67 bits per heavy atom. The van der Waals surface area contributed by atoms with E-state index in [0.29, 0.717) is 48.9 Å². The second-order valence-corrected chi connectivity index (χ2v) is 6.69. The molecular formula is C21H21N5O4. The van der Waals surface area contributed by atoms with E-state index >= 15 is 0 Å². The maximum atomic E-state index is 12.8. The van der Waals surface area contributed by atoms with Gasteiger partial charge in [-0.3, -0.25) is 14.2 Å². The summed E-state index contributed by atoms with van der Waals surface area (Å²) >= 11 is 0. The van der Waals surface area contributed by atoms with Crippen molar-refractivity contribution >= 4 is 17.5 Å². The van der Waals surface area contributed by atoms with E-state index < -0.39 is 0 Å². The summed E-state index contributed by atoms with van der Waals surface area (Å²) in [5.41, 5.74) is 2.27. The Hall–Kier alpha value is -3.72. The lowest BCUT2D eigenvalue weighted by Crippen LogP contribution is -2.40. The molecule has 1 fully saturated rings. The summed E-state index contributed by atoms with van der Waals surface area (Å²) in [6.07, 6.45) is 3.13. The lowest BCUT2D eigenvalue weighted by atomic mass is 10.1. The van der Waals surface area contributed by atoms with Crippen molar-refractivity contribution in [3.63, 3.8) is 0 Å². The van der Waals surface area contributed by atoms with Crippen molar-refractivity contribution in [1.82, 2.24) is 19.7 Å². The van der Waals surface area contributed by atoms with E-state index in [2.05, 4.69) is 15.5 Å². The first-order valence-electron chi connectivity index (χ1n) is 9.47. The summed E-state index contributed by atoms with van der Waals surface area (Å²) < 4.78 is 12.4. The fourth-order valence-electron chi connectivity index (χ4n) is 3.20. The van der Waals surface area contributed by atoms with E-state index in [1.165, 1.54) is 7.11 Å². The van der Waals surface area contributed by atoms with Crippen LogP contribution in [-0.4, -0.2) is 64.9 Å². The standard InChI is InChI=1S/C21H21N5O4/c1-29-19-7-6-17(26-13-22-23-14-26)12-18(19)24-20(27)15-2-4-16(5-3-15)21(28)25-8-10-30-11-9-25/h2-7,12-14H,8-11H2,1H3,(H,24,27). The van der Waals surface area contributed by atoms with Crippen LogP contribution in [0.15, 0.2) is 55.1 Å². The Morgan fingerprint density at radius 1 is 1.00 bits per heavy atom. The van der Waals surface area contributed by atoms with Crippen LogP contribution in [0.2, 0.25) is 0 Å². The van der Waals surface area contributed by atoms with Crippen molar-refractivity contribution in [3.05, 3.63) is 66.2 Å². The van der Waals surface area contributed by atoms with Crippen molar-refractivity contribution in [2.45, 2.75) is 0 Å². The van der Waals surface area contributed by atoms with E-state index in [0.717, 1.165) is 5.69 Å². The summed E-state index contributed by atoms with van der Waals surface area (Å²) in [6.45, 7) is 2.23. The molecule has 9 nitrogen and oxygen atoms in total. The number of hydrogen-bond acceptors (Lipinski definition) is 6. The quantitative estimate of drug-likeness (QED) is 0.695. The SMILES string of the molecule is COc1ccc(-n2cnnc2)cc1NC(=O)c1ccc(C(=O)N2CCOCC2)cc1. The summed E-state index contributed by atoms with van der Waals surface area (Å²) in [5, 5.41) is 10.4. The van der Waals surface area contributed by atoms with Gasteiger partial charge in [-0.25, -0.2) is 0 Å². The molecule has 3 aromatic rings. The van der Waals surface area contributed by atoms with E-state index in [1.54, 1.807) is 58.5 Å². The van der Waals surface area contributed by atoms with Gasteiger partial charge in [0, 0.05) is 24.2 Å². The Morgan fingerprint density at radius 3 is 2.33 bits per heavy atom. The van der Waals surface area contributed by atoms with Crippen molar-refractivity contribution < 1.29 is 19.1 Å². The molecule has 0 aliphatic carbocycles. The van der Waals surface area contributed by atoms with Gasteiger partial charge in [0.2, 0.25) is 0 Å². The predicted molar refractivity (Wildman–Crippen MR) is 109 cm³/mol. The molecule has 30 heavy (non-hydrogen) atoms. The molecule has 2 aromatic carbocycles. The molecule has 0 atom stereocenters. The van der Waals surface area contributed by atoms with Gasteiger partial charge in [0.1, 0.15) is 18.4 Å². The van der Waals surface area contributed by atoms with Gasteiger partial charge >= 0.3 is 0 Å². The molecule has 2 heterocycles. The summed E-state index contributed by atoms with van der Waals surface area (Å²) in [7, 11) is 1.54. The van der Waals surface area contributed by atoms with Crippen molar-refractivity contribution in [1.29, 1.82) is 0 Å². The fraction of sp³-hybridized carbons (Fsp3) is 0.238. The number of hydrogen-bond donors (Lipinski definition) is 1. The molecule has 4 rings (SSSR count). The second-order valence-electron chi connectivity index (χ2n) is 6.69. The minimum atomic E-state index is -0.306. The molecule has 9 heteroatoms. The minimum Gasteiger partial charge on any atom is -0.495 e. The molecule has 0 saturated carbocycles. The van der Waals surface area contributed by atoms with Gasteiger partial charge in [0.05, 0.1) is 31.7 Å². The normalized spacial score (nSPS) is 13.7. The molecule has 0 bridgehead atoms. The van der Waals surface area contributed by atoms with Gasteiger partial charge in [0.25, 0.3) is 11.8 Å². The number of nitrogens with zero attached hydrogens (tertiary/aromatic N) is 4. The van der Waals surface area contributed by atoms with Crippen LogP contribution in [0.4, 0.5) is 5.69 Å². The van der Waals surface area contributed by atoms with Crippen LogP contribution < -0.4 is 10.1 Å². The summed E-state index contributed by atoms with van der Waals surface area (Å²) in [4.78, 5) is 27.0. The average Bonchev–Trinajstić information content (AvgIpc) is 3.34. The molecule has 1 aliphatic rings. The Balaban J connectivity index is 1.50. The monoisotopic (exact) mass is 407 g/mol. The number of methoxy groups -OCH3 is 1. The van der Waals surface area contributed by atoms with Crippen molar-refractivity contribution in [2.75, 3.05) is 38.7 Å². The lowest BCUT2D eigenvalue weighted by Gasteiger charge is -2.26. The Bertz CT molecular complexity index is 1030. The number of carbonyl (C=O) groups is 2. The van der Waals surface area contributed by atoms with Crippen LogP contribution >= 0.6 is 0 Å². The molecule has 0 radical (unpaired) electrons. The zero-order chi connectivity index (χ0) is 20.9. The van der Waals surface area contributed by atoms with E-state index in [4.69, 9.17) is 9.47 Å². The third-order valence-electron chi connectivity index (χ3n) is 4.84. The molecule has 154 valence electrons. The number of anilines is 1. The highest BCUT2D eigenvalue weighted by molar-refractivity contribution is 6.06. The number of amides is 2. The largest absolute Gasteiger partial charge is 0.495 e. The zero-order valence-electron chi connectivity index (χ0n) is 16.4. The molecule has 1 saturated heterocycles. The molecular weight excluding hydrogens is 386 g/mol. The third-order valence-corrected chi connectivity index (χ3v) is 4.84. The first-order valence-corrected chi connectivity index (χ1v) is 9.47. The highest BCUT2D eigenvalue weighted by Gasteiger charge is 2.19. The van der Waals surface area contributed by atoms with Gasteiger partial charge < -0.3 is 19.7 Å². The molecule has 0 spiro atoms. The highest BCUT2D eigenvalue weighted by Crippen LogP contribution is 2.27. The lowest BCUT2D eigenvalue weighted by molar-refractivity contribution is 0.0303. The molecule has 1 aromatic heterocycles. The van der Waals surface area contributed by atoms with Crippen LogP contribution in [0.25, 0.3) is 5.69 Å². The second kappa shape index (κ2) is 8.75.